The van der Waals surface area contributed by atoms with Crippen LogP contribution in [0.25, 0.3) is 0 Å². The average molecular weight is 370 g/mol. The molecule has 0 radical (unpaired) electrons. The van der Waals surface area contributed by atoms with E-state index in [1.54, 1.807) is 0 Å². The molecule has 0 saturated carbocycles. The van der Waals surface area contributed by atoms with E-state index in [2.05, 4.69) is 30.5 Å². The molecule has 0 spiro atoms. The Kier molecular flexibility index (Phi) is 4.36. The van der Waals surface area contributed by atoms with Crippen LogP contribution in [0.5, 0.6) is 17.2 Å². The van der Waals surface area contributed by atoms with Crippen LogP contribution in [0.1, 0.15) is 31.9 Å². The molecule has 2 aromatic carbocycles. The Morgan fingerprint density at radius 1 is 1.04 bits per heavy atom. The normalized spacial score (nSPS) is 19.7. The number of anilines is 1. The van der Waals surface area contributed by atoms with Crippen molar-refractivity contribution in [2.75, 3.05) is 18.5 Å². The predicted molar refractivity (Wildman–Crippen MR) is 105 cm³/mol. The number of nitrogens with one attached hydrogen (secondary N) is 2. The van der Waals surface area contributed by atoms with Crippen molar-refractivity contribution in [3.05, 3.63) is 48.0 Å². The summed E-state index contributed by atoms with van der Waals surface area (Å²) in [5.41, 5.74) is 1.74. The Morgan fingerprint density at radius 2 is 1.81 bits per heavy atom. The van der Waals surface area contributed by atoms with E-state index in [0.29, 0.717) is 18.3 Å². The monoisotopic (exact) mass is 370 g/mol. The summed E-state index contributed by atoms with van der Waals surface area (Å²) in [7, 11) is 0. The maximum atomic E-state index is 6.08. The van der Waals surface area contributed by atoms with Gasteiger partial charge < -0.3 is 24.8 Å². The number of thiocarbonyl (C=S) groups is 1. The summed E-state index contributed by atoms with van der Waals surface area (Å²) in [6.07, 6.45) is 0.826. The molecule has 2 aliphatic heterocycles. The SMILES string of the molecule is CC1(C)C[C@@H](NC(=S)Nc2ccc3c(c2)OCCO3)c2ccccc2O1. The number of ether oxygens (including phenoxy) is 3. The van der Waals surface area contributed by atoms with Crippen molar-refractivity contribution in [1.82, 2.24) is 5.32 Å². The van der Waals surface area contributed by atoms with Crippen molar-refractivity contribution in [2.45, 2.75) is 31.9 Å². The molecular formula is C20H22N2O3S. The fraction of sp³-hybridized carbons (Fsp3) is 0.350. The molecule has 2 aromatic rings. The van der Waals surface area contributed by atoms with Crippen LogP contribution in [0.3, 0.4) is 0 Å². The summed E-state index contributed by atoms with van der Waals surface area (Å²) in [5.74, 6) is 2.41. The molecule has 0 saturated heterocycles. The topological polar surface area (TPSA) is 51.8 Å². The van der Waals surface area contributed by atoms with Crippen LogP contribution < -0.4 is 24.8 Å². The molecule has 2 N–H and O–H groups in total. The van der Waals surface area contributed by atoms with Crippen molar-refractivity contribution in [2.24, 2.45) is 0 Å². The van der Waals surface area contributed by atoms with Gasteiger partial charge in [-0.2, -0.15) is 0 Å². The van der Waals surface area contributed by atoms with Gasteiger partial charge in [0.15, 0.2) is 16.6 Å². The van der Waals surface area contributed by atoms with Gasteiger partial charge >= 0.3 is 0 Å². The molecule has 0 aliphatic carbocycles. The lowest BCUT2D eigenvalue weighted by Gasteiger charge is -2.38. The quantitative estimate of drug-likeness (QED) is 0.778. The second-order valence-corrected chi connectivity index (χ2v) is 7.52. The molecule has 26 heavy (non-hydrogen) atoms. The molecule has 6 heteroatoms. The van der Waals surface area contributed by atoms with Gasteiger partial charge in [-0.05, 0) is 44.3 Å². The van der Waals surface area contributed by atoms with E-state index in [1.165, 1.54) is 0 Å². The molecule has 136 valence electrons. The Hall–Kier alpha value is -2.47. The van der Waals surface area contributed by atoms with Gasteiger partial charge in [0, 0.05) is 23.7 Å². The summed E-state index contributed by atoms with van der Waals surface area (Å²) >= 11 is 5.54. The maximum Gasteiger partial charge on any atom is 0.171 e. The van der Waals surface area contributed by atoms with Crippen molar-refractivity contribution in [3.8, 4) is 17.2 Å². The van der Waals surface area contributed by atoms with Crippen LogP contribution in [-0.2, 0) is 0 Å². The molecule has 0 fully saturated rings. The summed E-state index contributed by atoms with van der Waals surface area (Å²) in [4.78, 5) is 0. The standard InChI is InChI=1S/C20H22N2O3S/c1-20(2)12-15(14-5-3-4-6-16(14)25-20)22-19(26)21-13-7-8-17-18(11-13)24-10-9-23-17/h3-8,11,15H,9-10,12H2,1-2H3,(H2,21,22,26)/t15-/m1/s1. The lowest BCUT2D eigenvalue weighted by Crippen LogP contribution is -2.42. The molecule has 5 nitrogen and oxygen atoms in total. The first kappa shape index (κ1) is 17.0. The van der Waals surface area contributed by atoms with Crippen LogP contribution in [-0.4, -0.2) is 23.9 Å². The van der Waals surface area contributed by atoms with Crippen molar-refractivity contribution in [3.63, 3.8) is 0 Å². The van der Waals surface area contributed by atoms with E-state index < -0.39 is 0 Å². The third kappa shape index (κ3) is 3.55. The van der Waals surface area contributed by atoms with E-state index >= 15 is 0 Å². The van der Waals surface area contributed by atoms with Crippen LogP contribution in [0.15, 0.2) is 42.5 Å². The number of hydrogen-bond donors (Lipinski definition) is 2. The summed E-state index contributed by atoms with van der Waals surface area (Å²) in [6.45, 7) is 5.33. The largest absolute Gasteiger partial charge is 0.487 e. The first-order chi connectivity index (χ1) is 12.5. The Balaban J connectivity index is 1.48. The zero-order chi connectivity index (χ0) is 18.1. The van der Waals surface area contributed by atoms with Crippen molar-refractivity contribution in [1.29, 1.82) is 0 Å². The van der Waals surface area contributed by atoms with Gasteiger partial charge in [0.2, 0.25) is 0 Å². The molecule has 2 heterocycles. The second-order valence-electron chi connectivity index (χ2n) is 7.11. The van der Waals surface area contributed by atoms with Crippen LogP contribution in [0, 0.1) is 0 Å². The number of hydrogen-bond acceptors (Lipinski definition) is 4. The number of para-hydroxylation sites is 1. The summed E-state index contributed by atoms with van der Waals surface area (Å²) in [5, 5.41) is 7.24. The lowest BCUT2D eigenvalue weighted by atomic mass is 9.90. The highest BCUT2D eigenvalue weighted by Crippen LogP contribution is 2.39. The van der Waals surface area contributed by atoms with E-state index in [-0.39, 0.29) is 11.6 Å². The highest BCUT2D eigenvalue weighted by atomic mass is 32.1. The van der Waals surface area contributed by atoms with E-state index in [1.807, 2.05) is 36.4 Å². The minimum Gasteiger partial charge on any atom is -0.487 e. The van der Waals surface area contributed by atoms with Gasteiger partial charge in [-0.1, -0.05) is 18.2 Å². The number of fused-ring (bicyclic) bond motifs is 2. The first-order valence-corrected chi connectivity index (χ1v) is 9.16. The third-order valence-electron chi connectivity index (χ3n) is 4.48. The molecule has 4 rings (SSSR count). The fourth-order valence-electron chi connectivity index (χ4n) is 3.38. The highest BCUT2D eigenvalue weighted by Gasteiger charge is 2.33. The van der Waals surface area contributed by atoms with Gasteiger partial charge in [-0.15, -0.1) is 0 Å². The molecule has 0 bridgehead atoms. The smallest absolute Gasteiger partial charge is 0.171 e. The van der Waals surface area contributed by atoms with E-state index in [0.717, 1.165) is 34.9 Å². The van der Waals surface area contributed by atoms with Crippen LogP contribution in [0.4, 0.5) is 5.69 Å². The van der Waals surface area contributed by atoms with Gasteiger partial charge in [0.05, 0.1) is 6.04 Å². The molecular weight excluding hydrogens is 348 g/mol. The zero-order valence-electron chi connectivity index (χ0n) is 14.9. The van der Waals surface area contributed by atoms with Gasteiger partial charge in [-0.3, -0.25) is 0 Å². The minimum absolute atomic E-state index is 0.0900. The maximum absolute atomic E-state index is 6.08. The number of benzene rings is 2. The first-order valence-electron chi connectivity index (χ1n) is 8.75. The lowest BCUT2D eigenvalue weighted by molar-refractivity contribution is 0.0697. The fourth-order valence-corrected chi connectivity index (χ4v) is 3.64. The molecule has 1 atom stereocenters. The van der Waals surface area contributed by atoms with Gasteiger partial charge in [-0.25, -0.2) is 0 Å². The molecule has 0 aromatic heterocycles. The van der Waals surface area contributed by atoms with E-state index in [9.17, 15) is 0 Å². The molecule has 0 amide bonds. The van der Waals surface area contributed by atoms with Crippen molar-refractivity contribution >= 4 is 23.0 Å². The minimum atomic E-state index is -0.251. The Morgan fingerprint density at radius 3 is 2.65 bits per heavy atom. The van der Waals surface area contributed by atoms with Gasteiger partial charge in [0.1, 0.15) is 24.6 Å². The highest BCUT2D eigenvalue weighted by molar-refractivity contribution is 7.80. The van der Waals surface area contributed by atoms with Crippen molar-refractivity contribution < 1.29 is 14.2 Å². The summed E-state index contributed by atoms with van der Waals surface area (Å²) < 4.78 is 17.3. The van der Waals surface area contributed by atoms with Gasteiger partial charge in [0.25, 0.3) is 0 Å². The van der Waals surface area contributed by atoms with Crippen LogP contribution in [0.2, 0.25) is 0 Å². The van der Waals surface area contributed by atoms with Crippen LogP contribution >= 0.6 is 12.2 Å². The summed E-state index contributed by atoms with van der Waals surface area (Å²) in [6, 6.07) is 13.9. The predicted octanol–water partition coefficient (Wildman–Crippen LogP) is 4.05. The number of rotatable bonds is 2. The average Bonchev–Trinajstić information content (AvgIpc) is 2.60. The zero-order valence-corrected chi connectivity index (χ0v) is 15.7. The molecule has 0 unspecified atom stereocenters. The third-order valence-corrected chi connectivity index (χ3v) is 4.70. The Labute approximate surface area is 158 Å². The Bertz CT molecular complexity index is 838. The second kappa shape index (κ2) is 6.68. The van der Waals surface area contributed by atoms with E-state index in [4.69, 9.17) is 26.4 Å². The molecule has 2 aliphatic rings.